The van der Waals surface area contributed by atoms with Crippen molar-refractivity contribution in [2.24, 2.45) is 0 Å². The third-order valence-electron chi connectivity index (χ3n) is 6.33. The van der Waals surface area contributed by atoms with Crippen molar-refractivity contribution in [3.8, 4) is 17.1 Å². The molecule has 0 spiro atoms. The normalized spacial score (nSPS) is 15.3. The number of halogens is 2. The van der Waals surface area contributed by atoms with Crippen molar-refractivity contribution in [2.45, 2.75) is 18.4 Å². The molecule has 34 heavy (non-hydrogen) atoms. The van der Waals surface area contributed by atoms with Crippen LogP contribution in [0.15, 0.2) is 85.1 Å². The van der Waals surface area contributed by atoms with Crippen LogP contribution in [0.4, 0.5) is 0 Å². The van der Waals surface area contributed by atoms with E-state index in [4.69, 9.17) is 28.2 Å². The van der Waals surface area contributed by atoms with Crippen LogP contribution < -0.4 is 0 Å². The van der Waals surface area contributed by atoms with Crippen molar-refractivity contribution in [2.75, 3.05) is 13.1 Å². The second-order valence-electron chi connectivity index (χ2n) is 8.47. The van der Waals surface area contributed by atoms with Gasteiger partial charge >= 0.3 is 0 Å². The second-order valence-corrected chi connectivity index (χ2v) is 9.31. The van der Waals surface area contributed by atoms with E-state index in [9.17, 15) is 9.90 Å². The number of carbonyl (C=O) groups excluding carboxylic acids is 1. The fourth-order valence-electron chi connectivity index (χ4n) is 4.39. The van der Waals surface area contributed by atoms with E-state index in [2.05, 4.69) is 0 Å². The molecule has 0 radical (unpaired) electrons. The Hall–Kier alpha value is -3.12. The monoisotopic (exact) mass is 491 g/mol. The highest BCUT2D eigenvalue weighted by molar-refractivity contribution is 6.33. The minimum Gasteiger partial charge on any atom is -0.385 e. The van der Waals surface area contributed by atoms with Gasteiger partial charge in [-0.25, -0.2) is 4.98 Å². The van der Waals surface area contributed by atoms with Gasteiger partial charge in [-0.3, -0.25) is 9.36 Å². The molecule has 1 saturated heterocycles. The van der Waals surface area contributed by atoms with E-state index in [1.807, 2.05) is 65.2 Å². The first-order valence-corrected chi connectivity index (χ1v) is 11.9. The fraction of sp³-hybridized carbons (Fsp3) is 0.185. The standard InChI is InChI=1S/C27H23Cl2N3O2/c28-20-10-12-21(13-11-20)32-18-24(30-25(32)22-8-4-5-9-23(22)29)26(33)31-16-14-27(34,15-17-31)19-6-2-1-3-7-19/h1-13,18,34H,14-17H2. The van der Waals surface area contributed by atoms with Gasteiger partial charge in [0.1, 0.15) is 11.5 Å². The molecule has 5 nitrogen and oxygen atoms in total. The molecule has 0 unspecified atom stereocenters. The zero-order valence-corrected chi connectivity index (χ0v) is 19.9. The Bertz CT molecular complexity index is 1310. The number of amides is 1. The Morgan fingerprint density at radius 2 is 1.53 bits per heavy atom. The molecule has 172 valence electrons. The van der Waals surface area contributed by atoms with Crippen LogP contribution >= 0.6 is 23.2 Å². The molecular weight excluding hydrogens is 469 g/mol. The van der Waals surface area contributed by atoms with E-state index in [-0.39, 0.29) is 5.91 Å². The maximum Gasteiger partial charge on any atom is 0.274 e. The lowest BCUT2D eigenvalue weighted by Crippen LogP contribution is -2.45. The van der Waals surface area contributed by atoms with Crippen LogP contribution in [0.3, 0.4) is 0 Å². The van der Waals surface area contributed by atoms with Gasteiger partial charge in [-0.05, 0) is 54.8 Å². The van der Waals surface area contributed by atoms with Gasteiger partial charge < -0.3 is 10.0 Å². The molecule has 0 atom stereocenters. The lowest BCUT2D eigenvalue weighted by Gasteiger charge is -2.38. The van der Waals surface area contributed by atoms with Crippen molar-refractivity contribution in [3.63, 3.8) is 0 Å². The topological polar surface area (TPSA) is 58.4 Å². The number of nitrogens with zero attached hydrogens (tertiary/aromatic N) is 3. The molecule has 1 aliphatic rings. The zero-order valence-electron chi connectivity index (χ0n) is 18.4. The highest BCUT2D eigenvalue weighted by atomic mass is 35.5. The molecular formula is C27H23Cl2N3O2. The summed E-state index contributed by atoms with van der Waals surface area (Å²) in [6.07, 6.45) is 2.68. The van der Waals surface area contributed by atoms with Crippen molar-refractivity contribution in [1.82, 2.24) is 14.5 Å². The average Bonchev–Trinajstić information content (AvgIpc) is 3.30. The summed E-state index contributed by atoms with van der Waals surface area (Å²) in [5, 5.41) is 12.3. The highest BCUT2D eigenvalue weighted by Crippen LogP contribution is 2.34. The predicted molar refractivity (Wildman–Crippen MR) is 134 cm³/mol. The van der Waals surface area contributed by atoms with Crippen molar-refractivity contribution in [3.05, 3.63) is 106 Å². The molecule has 2 heterocycles. The summed E-state index contributed by atoms with van der Waals surface area (Å²) in [5.74, 6) is 0.408. The molecule has 1 aliphatic heterocycles. The molecule has 1 aromatic heterocycles. The third kappa shape index (κ3) is 4.34. The number of rotatable bonds is 4. The highest BCUT2D eigenvalue weighted by Gasteiger charge is 2.36. The van der Waals surface area contributed by atoms with E-state index in [1.165, 1.54) is 0 Å². The van der Waals surface area contributed by atoms with E-state index >= 15 is 0 Å². The lowest BCUT2D eigenvalue weighted by atomic mass is 9.84. The molecule has 4 aromatic rings. The molecule has 0 saturated carbocycles. The van der Waals surface area contributed by atoms with Crippen LogP contribution in [-0.2, 0) is 5.60 Å². The van der Waals surface area contributed by atoms with Gasteiger partial charge in [0.05, 0.1) is 10.6 Å². The Morgan fingerprint density at radius 3 is 2.21 bits per heavy atom. The van der Waals surface area contributed by atoms with Gasteiger partial charge in [-0.1, -0.05) is 65.7 Å². The number of likely N-dealkylation sites (tertiary alicyclic amines) is 1. The summed E-state index contributed by atoms with van der Waals surface area (Å²) in [4.78, 5) is 19.9. The van der Waals surface area contributed by atoms with Crippen LogP contribution in [0.1, 0.15) is 28.9 Å². The van der Waals surface area contributed by atoms with Crippen LogP contribution in [0.2, 0.25) is 10.0 Å². The quantitative estimate of drug-likeness (QED) is 0.382. The number of hydrogen-bond acceptors (Lipinski definition) is 3. The van der Waals surface area contributed by atoms with Gasteiger partial charge in [0.25, 0.3) is 5.91 Å². The van der Waals surface area contributed by atoms with Gasteiger partial charge in [-0.2, -0.15) is 0 Å². The summed E-state index contributed by atoms with van der Waals surface area (Å²) < 4.78 is 1.86. The maximum atomic E-state index is 13.4. The predicted octanol–water partition coefficient (Wildman–Crippen LogP) is 5.97. The smallest absolute Gasteiger partial charge is 0.274 e. The van der Waals surface area contributed by atoms with Crippen molar-refractivity contribution < 1.29 is 9.90 Å². The Labute approximate surface area is 208 Å². The van der Waals surface area contributed by atoms with Gasteiger partial charge in [0.2, 0.25) is 0 Å². The third-order valence-corrected chi connectivity index (χ3v) is 6.92. The van der Waals surface area contributed by atoms with Gasteiger partial charge in [0.15, 0.2) is 0 Å². The maximum absolute atomic E-state index is 13.4. The number of carbonyl (C=O) groups is 1. The summed E-state index contributed by atoms with van der Waals surface area (Å²) >= 11 is 12.6. The minimum atomic E-state index is -0.927. The number of piperidine rings is 1. The molecule has 7 heteroatoms. The van der Waals surface area contributed by atoms with Crippen molar-refractivity contribution in [1.29, 1.82) is 0 Å². The molecule has 0 bridgehead atoms. The van der Waals surface area contributed by atoms with Crippen LogP contribution in [0, 0.1) is 0 Å². The molecule has 0 aliphatic carbocycles. The Kier molecular flexibility index (Phi) is 6.17. The molecule has 3 aromatic carbocycles. The minimum absolute atomic E-state index is 0.170. The molecule has 1 amide bonds. The fourth-order valence-corrected chi connectivity index (χ4v) is 4.74. The van der Waals surface area contributed by atoms with Crippen molar-refractivity contribution >= 4 is 29.1 Å². The average molecular weight is 492 g/mol. The second kappa shape index (κ2) is 9.26. The van der Waals surface area contributed by atoms with Gasteiger partial charge in [0, 0.05) is 35.6 Å². The number of aliphatic hydroxyl groups is 1. The first kappa shape index (κ1) is 22.7. The summed E-state index contributed by atoms with van der Waals surface area (Å²) in [7, 11) is 0. The van der Waals surface area contributed by atoms with Crippen LogP contribution in [0.25, 0.3) is 17.1 Å². The van der Waals surface area contributed by atoms with E-state index < -0.39 is 5.60 Å². The van der Waals surface area contributed by atoms with E-state index in [1.54, 1.807) is 29.3 Å². The van der Waals surface area contributed by atoms with Gasteiger partial charge in [-0.15, -0.1) is 0 Å². The molecule has 1 fully saturated rings. The number of aromatic nitrogens is 2. The lowest BCUT2D eigenvalue weighted by molar-refractivity contribution is -0.0212. The van der Waals surface area contributed by atoms with Crippen LogP contribution in [0.5, 0.6) is 0 Å². The SMILES string of the molecule is O=C(c1cn(-c2ccc(Cl)cc2)c(-c2ccccc2Cl)n1)N1CCC(O)(c2ccccc2)CC1. The largest absolute Gasteiger partial charge is 0.385 e. The zero-order chi connectivity index (χ0) is 23.7. The van der Waals surface area contributed by atoms with E-state index in [0.29, 0.717) is 47.5 Å². The first-order valence-electron chi connectivity index (χ1n) is 11.1. The molecule has 5 rings (SSSR count). The molecule has 1 N–H and O–H groups in total. The summed E-state index contributed by atoms with van der Waals surface area (Å²) in [6, 6.07) is 24.4. The first-order chi connectivity index (χ1) is 16.4. The summed E-state index contributed by atoms with van der Waals surface area (Å²) in [5.41, 5.74) is 1.84. The number of hydrogen-bond donors (Lipinski definition) is 1. The number of imidazole rings is 1. The summed E-state index contributed by atoms with van der Waals surface area (Å²) in [6.45, 7) is 0.888. The van der Waals surface area contributed by atoms with Crippen LogP contribution in [-0.4, -0.2) is 38.6 Å². The number of benzene rings is 3. The Morgan fingerprint density at radius 1 is 0.882 bits per heavy atom. The Balaban J connectivity index is 1.45. The van der Waals surface area contributed by atoms with E-state index in [0.717, 1.165) is 16.8 Å².